The van der Waals surface area contributed by atoms with Crippen molar-refractivity contribution >= 4 is 40.1 Å². The van der Waals surface area contributed by atoms with Gasteiger partial charge in [0.05, 0.1) is 24.1 Å². The van der Waals surface area contributed by atoms with E-state index < -0.39 is 0 Å². The molecule has 10 heteroatoms. The number of ketones is 1. The number of fused-ring (bicyclic) bond motifs is 1. The van der Waals surface area contributed by atoms with Crippen LogP contribution < -0.4 is 10.1 Å². The molecule has 0 bridgehead atoms. The number of hydrogen-bond donors (Lipinski definition) is 1. The molecule has 0 unspecified atom stereocenters. The van der Waals surface area contributed by atoms with Gasteiger partial charge in [-0.05, 0) is 29.5 Å². The van der Waals surface area contributed by atoms with Crippen LogP contribution in [0.5, 0.6) is 5.75 Å². The Morgan fingerprint density at radius 1 is 1.08 bits per heavy atom. The minimum absolute atomic E-state index is 0.0140. The number of anilines is 1. The minimum Gasteiger partial charge on any atom is -0.497 e. The van der Waals surface area contributed by atoms with E-state index in [1.54, 1.807) is 19.2 Å². The van der Waals surface area contributed by atoms with E-state index in [0.717, 1.165) is 22.7 Å². The molecule has 1 aliphatic rings. The third-order valence-corrected chi connectivity index (χ3v) is 7.94. The highest BCUT2D eigenvalue weighted by Gasteiger charge is 2.36. The number of benzene rings is 2. The van der Waals surface area contributed by atoms with Gasteiger partial charge in [0.25, 0.3) is 0 Å². The van der Waals surface area contributed by atoms with Gasteiger partial charge in [-0.2, -0.15) is 14.6 Å². The van der Waals surface area contributed by atoms with Crippen LogP contribution in [0.2, 0.25) is 0 Å². The summed E-state index contributed by atoms with van der Waals surface area (Å²) in [7, 11) is 1.58. The smallest absolute Gasteiger partial charge is 0.236 e. The minimum atomic E-state index is -0.290. The molecule has 1 amide bonds. The number of hydrogen-bond acceptors (Lipinski definition) is 9. The summed E-state index contributed by atoms with van der Waals surface area (Å²) in [5.74, 6) is 0.909. The molecule has 0 saturated heterocycles. The highest BCUT2D eigenvalue weighted by atomic mass is 32.2. The quantitative estimate of drug-likeness (QED) is 0.275. The Labute approximate surface area is 234 Å². The number of Topliss-reactive ketones (excluding diaryl/α,β-unsaturated/α-hetero) is 1. The topological polar surface area (TPSA) is 118 Å². The molecule has 8 nitrogen and oxygen atoms in total. The van der Waals surface area contributed by atoms with Crippen molar-refractivity contribution < 1.29 is 14.3 Å². The van der Waals surface area contributed by atoms with Crippen molar-refractivity contribution in [2.45, 2.75) is 31.7 Å². The van der Waals surface area contributed by atoms with E-state index in [1.165, 1.54) is 11.8 Å². The van der Waals surface area contributed by atoms with Crippen molar-refractivity contribution in [3.05, 3.63) is 71.4 Å². The third-order valence-electron chi connectivity index (χ3n) is 6.34. The average Bonchev–Trinajstić information content (AvgIpc) is 3.39. The van der Waals surface area contributed by atoms with E-state index in [2.05, 4.69) is 20.7 Å². The molecule has 2 aromatic heterocycles. The molecule has 196 valence electrons. The molecule has 0 spiro atoms. The lowest BCUT2D eigenvalue weighted by molar-refractivity contribution is -0.113. The van der Waals surface area contributed by atoms with Gasteiger partial charge in [0.15, 0.2) is 11.6 Å². The fourth-order valence-electron chi connectivity index (χ4n) is 4.60. The van der Waals surface area contributed by atoms with Gasteiger partial charge in [0.1, 0.15) is 16.8 Å². The van der Waals surface area contributed by atoms with Crippen LogP contribution in [0.15, 0.2) is 59.6 Å². The number of carbonyl (C=O) groups is 2. The van der Waals surface area contributed by atoms with E-state index in [0.29, 0.717) is 51.4 Å². The molecular formula is C29H25N5O3S2. The second kappa shape index (κ2) is 11.0. The molecule has 1 N–H and O–H groups in total. The molecule has 5 rings (SSSR count). The van der Waals surface area contributed by atoms with E-state index in [-0.39, 0.29) is 28.4 Å². The molecule has 2 aromatic carbocycles. The Morgan fingerprint density at radius 2 is 1.82 bits per heavy atom. The van der Waals surface area contributed by atoms with Crippen LogP contribution in [0.4, 0.5) is 5.13 Å². The highest BCUT2D eigenvalue weighted by Crippen LogP contribution is 2.42. The standard InChI is InChI=1S/C29H25N5O3S2/c1-29(2)13-21-25(22(35)14-29)24(17-9-11-19(37-3)12-10-17)20(15-30)27(31-21)38-16-23(36)32-28-33-26(34-39-28)18-7-5-4-6-8-18/h4-12H,13-14,16H2,1-3H3,(H,32,33,34,36). The van der Waals surface area contributed by atoms with Gasteiger partial charge in [-0.15, -0.1) is 0 Å². The summed E-state index contributed by atoms with van der Waals surface area (Å²) in [6.45, 7) is 4.07. The normalized spacial score (nSPS) is 13.8. The zero-order valence-electron chi connectivity index (χ0n) is 21.6. The fourth-order valence-corrected chi connectivity index (χ4v) is 6.01. The number of nitriles is 1. The molecule has 0 aliphatic heterocycles. The zero-order chi connectivity index (χ0) is 27.6. The maximum absolute atomic E-state index is 13.3. The first-order valence-electron chi connectivity index (χ1n) is 12.2. The predicted molar refractivity (Wildman–Crippen MR) is 152 cm³/mol. The summed E-state index contributed by atoms with van der Waals surface area (Å²) in [5.41, 5.74) is 3.33. The van der Waals surface area contributed by atoms with Gasteiger partial charge in [-0.1, -0.05) is 68.1 Å². The molecule has 1 aliphatic carbocycles. The van der Waals surface area contributed by atoms with Crippen molar-refractivity contribution in [2.75, 3.05) is 18.2 Å². The van der Waals surface area contributed by atoms with Crippen molar-refractivity contribution in [1.82, 2.24) is 14.3 Å². The number of methoxy groups -OCH3 is 1. The first-order chi connectivity index (χ1) is 18.8. The first kappa shape index (κ1) is 26.5. The van der Waals surface area contributed by atoms with Gasteiger partial charge in [0.2, 0.25) is 11.0 Å². The Bertz CT molecular complexity index is 1590. The van der Waals surface area contributed by atoms with E-state index in [1.807, 2.05) is 56.3 Å². The van der Waals surface area contributed by atoms with Gasteiger partial charge < -0.3 is 4.74 Å². The van der Waals surface area contributed by atoms with E-state index in [9.17, 15) is 14.9 Å². The number of nitrogens with one attached hydrogen (secondary N) is 1. The summed E-state index contributed by atoms with van der Waals surface area (Å²) in [6.07, 6.45) is 0.965. The van der Waals surface area contributed by atoms with Crippen LogP contribution in [0.25, 0.3) is 22.5 Å². The monoisotopic (exact) mass is 555 g/mol. The maximum atomic E-state index is 13.3. The zero-order valence-corrected chi connectivity index (χ0v) is 23.3. The lowest BCUT2D eigenvalue weighted by atomic mass is 9.73. The maximum Gasteiger partial charge on any atom is 0.236 e. The summed E-state index contributed by atoms with van der Waals surface area (Å²) in [4.78, 5) is 35.3. The van der Waals surface area contributed by atoms with E-state index in [4.69, 9.17) is 9.72 Å². The van der Waals surface area contributed by atoms with Crippen molar-refractivity contribution in [1.29, 1.82) is 5.26 Å². The van der Waals surface area contributed by atoms with Crippen molar-refractivity contribution in [3.8, 4) is 34.3 Å². The van der Waals surface area contributed by atoms with Gasteiger partial charge in [-0.25, -0.2) is 4.98 Å². The number of aromatic nitrogens is 3. The summed E-state index contributed by atoms with van der Waals surface area (Å²) in [5, 5.41) is 13.8. The van der Waals surface area contributed by atoms with Crippen LogP contribution >= 0.6 is 23.3 Å². The lowest BCUT2D eigenvalue weighted by Gasteiger charge is -2.31. The second-order valence-electron chi connectivity index (χ2n) is 9.90. The summed E-state index contributed by atoms with van der Waals surface area (Å²) < 4.78 is 9.61. The summed E-state index contributed by atoms with van der Waals surface area (Å²) >= 11 is 2.27. The number of nitrogens with zero attached hydrogens (tertiary/aromatic N) is 4. The third kappa shape index (κ3) is 5.70. The molecule has 4 aromatic rings. The second-order valence-corrected chi connectivity index (χ2v) is 11.6. The van der Waals surface area contributed by atoms with Gasteiger partial charge in [0, 0.05) is 34.6 Å². The number of carbonyl (C=O) groups excluding carboxylic acids is 2. The molecule has 0 fully saturated rings. The Kier molecular flexibility index (Phi) is 7.46. The fraction of sp³-hybridized carbons (Fsp3) is 0.241. The molecule has 0 radical (unpaired) electrons. The lowest BCUT2D eigenvalue weighted by Crippen LogP contribution is -2.29. The predicted octanol–water partition coefficient (Wildman–Crippen LogP) is 6.03. The number of ether oxygens (including phenoxy) is 1. The number of rotatable bonds is 7. The van der Waals surface area contributed by atoms with Crippen molar-refractivity contribution in [2.24, 2.45) is 5.41 Å². The van der Waals surface area contributed by atoms with Crippen LogP contribution in [-0.2, 0) is 11.2 Å². The van der Waals surface area contributed by atoms with Crippen LogP contribution in [0.3, 0.4) is 0 Å². The van der Waals surface area contributed by atoms with Crippen LogP contribution in [0.1, 0.15) is 41.9 Å². The average molecular weight is 556 g/mol. The first-order valence-corrected chi connectivity index (χ1v) is 14.0. The van der Waals surface area contributed by atoms with Gasteiger partial charge >= 0.3 is 0 Å². The molecule has 39 heavy (non-hydrogen) atoms. The van der Waals surface area contributed by atoms with Crippen molar-refractivity contribution in [3.63, 3.8) is 0 Å². The summed E-state index contributed by atoms with van der Waals surface area (Å²) in [6, 6.07) is 19.1. The molecule has 0 saturated carbocycles. The highest BCUT2D eigenvalue weighted by molar-refractivity contribution is 8.00. The molecule has 2 heterocycles. The largest absolute Gasteiger partial charge is 0.497 e. The SMILES string of the molecule is COc1ccc(-c2c(C#N)c(SCC(=O)Nc3nc(-c4ccccc4)ns3)nc3c2C(=O)CC(C)(C)C3)cc1. The Hall–Kier alpha value is -4.07. The number of amides is 1. The molecular weight excluding hydrogens is 530 g/mol. The van der Waals surface area contributed by atoms with Crippen LogP contribution in [-0.4, -0.2) is 38.9 Å². The number of pyridine rings is 1. The van der Waals surface area contributed by atoms with Gasteiger partial charge in [-0.3, -0.25) is 14.9 Å². The molecule has 0 atom stereocenters. The number of thioether (sulfide) groups is 1. The Balaban J connectivity index is 1.44. The Morgan fingerprint density at radius 3 is 2.51 bits per heavy atom. The van der Waals surface area contributed by atoms with Crippen LogP contribution in [0, 0.1) is 16.7 Å². The van der Waals surface area contributed by atoms with E-state index >= 15 is 0 Å².